The zero-order chi connectivity index (χ0) is 15.2. The minimum Gasteiger partial charge on any atom is -0.385 e. The Morgan fingerprint density at radius 3 is 2.95 bits per heavy atom. The molecule has 1 amide bonds. The number of rotatable bonds is 5. The van der Waals surface area contributed by atoms with Gasteiger partial charge in [-0.15, -0.1) is 0 Å². The number of halogens is 1. The van der Waals surface area contributed by atoms with Crippen molar-refractivity contribution in [2.45, 2.75) is 32.2 Å². The second-order valence-corrected chi connectivity index (χ2v) is 6.00. The first-order valence-electron chi connectivity index (χ1n) is 7.63. The molecule has 1 atom stereocenters. The molecule has 2 rings (SSSR count). The molecule has 0 radical (unpaired) electrons. The molecule has 1 saturated heterocycles. The maximum Gasteiger partial charge on any atom is 0.253 e. The predicted octanol–water partition coefficient (Wildman–Crippen LogP) is 2.99. The molecule has 0 saturated carbocycles. The number of benzene rings is 1. The van der Waals surface area contributed by atoms with E-state index in [9.17, 15) is 4.79 Å². The molecule has 1 aromatic rings. The smallest absolute Gasteiger partial charge is 0.253 e. The summed E-state index contributed by atoms with van der Waals surface area (Å²) >= 11 is 6.02. The van der Waals surface area contributed by atoms with E-state index in [-0.39, 0.29) is 5.91 Å². The molecule has 0 aromatic heterocycles. The van der Waals surface area contributed by atoms with Crippen molar-refractivity contribution in [3.05, 3.63) is 28.8 Å². The average molecular weight is 310 g/mol. The van der Waals surface area contributed by atoms with Crippen LogP contribution in [-0.2, 0) is 0 Å². The molecule has 0 spiro atoms. The molecule has 21 heavy (non-hydrogen) atoms. The number of carbonyl (C=O) groups is 1. The molecule has 4 nitrogen and oxygen atoms in total. The highest BCUT2D eigenvalue weighted by Gasteiger charge is 2.20. The van der Waals surface area contributed by atoms with Gasteiger partial charge in [0.15, 0.2) is 0 Å². The number of likely N-dealkylation sites (tertiary alicyclic amines) is 1. The fourth-order valence-corrected chi connectivity index (χ4v) is 2.93. The van der Waals surface area contributed by atoms with Gasteiger partial charge in [-0.3, -0.25) is 4.79 Å². The van der Waals surface area contributed by atoms with Crippen LogP contribution in [0.15, 0.2) is 18.2 Å². The number of hydrogen-bond acceptors (Lipinski definition) is 3. The number of nitrogens with zero attached hydrogens (tertiary/aromatic N) is 1. The van der Waals surface area contributed by atoms with E-state index in [1.807, 2.05) is 13.0 Å². The van der Waals surface area contributed by atoms with Gasteiger partial charge in [-0.1, -0.05) is 18.0 Å². The lowest BCUT2D eigenvalue weighted by molar-refractivity contribution is 0.0929. The zero-order valence-corrected chi connectivity index (χ0v) is 13.5. The van der Waals surface area contributed by atoms with Crippen LogP contribution in [0.5, 0.6) is 0 Å². The largest absolute Gasteiger partial charge is 0.385 e. The quantitative estimate of drug-likeness (QED) is 0.879. The van der Waals surface area contributed by atoms with Gasteiger partial charge in [0.25, 0.3) is 5.91 Å². The molecule has 0 bridgehead atoms. The summed E-state index contributed by atoms with van der Waals surface area (Å²) in [5.74, 6) is -0.0626. The van der Waals surface area contributed by atoms with E-state index in [2.05, 4.69) is 22.6 Å². The summed E-state index contributed by atoms with van der Waals surface area (Å²) in [6.45, 7) is 4.58. The minimum atomic E-state index is -0.0626. The predicted molar refractivity (Wildman–Crippen MR) is 88.2 cm³/mol. The van der Waals surface area contributed by atoms with Gasteiger partial charge >= 0.3 is 0 Å². The summed E-state index contributed by atoms with van der Waals surface area (Å²) in [5.41, 5.74) is 1.44. The summed E-state index contributed by atoms with van der Waals surface area (Å²) in [5, 5.41) is 6.83. The first kappa shape index (κ1) is 16.1. The van der Waals surface area contributed by atoms with Crippen molar-refractivity contribution in [3.63, 3.8) is 0 Å². The Kier molecular flexibility index (Phi) is 5.88. The Bertz CT molecular complexity index is 492. The van der Waals surface area contributed by atoms with Crippen LogP contribution in [-0.4, -0.2) is 43.5 Å². The van der Waals surface area contributed by atoms with Crippen molar-refractivity contribution in [2.24, 2.45) is 0 Å². The first-order valence-corrected chi connectivity index (χ1v) is 8.01. The van der Waals surface area contributed by atoms with Gasteiger partial charge in [-0.25, -0.2) is 0 Å². The van der Waals surface area contributed by atoms with Crippen molar-refractivity contribution >= 4 is 23.2 Å². The summed E-state index contributed by atoms with van der Waals surface area (Å²) in [6, 6.07) is 5.81. The molecule has 1 aliphatic heterocycles. The lowest BCUT2D eigenvalue weighted by Crippen LogP contribution is -2.44. The monoisotopic (exact) mass is 309 g/mol. The number of piperidine rings is 1. The van der Waals surface area contributed by atoms with Crippen LogP contribution in [0.25, 0.3) is 0 Å². The molecule has 0 aliphatic carbocycles. The van der Waals surface area contributed by atoms with Crippen LogP contribution in [0.2, 0.25) is 5.02 Å². The van der Waals surface area contributed by atoms with Crippen molar-refractivity contribution in [2.75, 3.05) is 32.0 Å². The van der Waals surface area contributed by atoms with Crippen LogP contribution in [0.3, 0.4) is 0 Å². The summed E-state index contributed by atoms with van der Waals surface area (Å²) in [4.78, 5) is 14.7. The van der Waals surface area contributed by atoms with E-state index in [0.717, 1.165) is 25.2 Å². The molecule has 1 unspecified atom stereocenters. The number of nitrogens with one attached hydrogen (secondary N) is 2. The minimum absolute atomic E-state index is 0.0626. The SMILES string of the molecule is CCNc1ccc(Cl)cc1C(=O)NCC1CCCCN1C. The average Bonchev–Trinajstić information content (AvgIpc) is 2.48. The van der Waals surface area contributed by atoms with Crippen LogP contribution >= 0.6 is 11.6 Å². The number of carbonyl (C=O) groups excluding carboxylic acids is 1. The second-order valence-electron chi connectivity index (χ2n) is 5.56. The fraction of sp³-hybridized carbons (Fsp3) is 0.562. The van der Waals surface area contributed by atoms with Gasteiger partial charge in [0.1, 0.15) is 0 Å². The van der Waals surface area contributed by atoms with Gasteiger partial charge in [-0.05, 0) is 51.6 Å². The third kappa shape index (κ3) is 4.35. The number of likely N-dealkylation sites (N-methyl/N-ethyl adjacent to an activating group) is 1. The van der Waals surface area contributed by atoms with Gasteiger partial charge in [0, 0.05) is 29.8 Å². The van der Waals surface area contributed by atoms with Crippen molar-refractivity contribution in [1.29, 1.82) is 0 Å². The standard InChI is InChI=1S/C16H24ClN3O/c1-3-18-15-8-7-12(17)10-14(15)16(21)19-11-13-6-4-5-9-20(13)2/h7-8,10,13,18H,3-6,9,11H2,1-2H3,(H,19,21). The van der Waals surface area contributed by atoms with Gasteiger partial charge < -0.3 is 15.5 Å². The van der Waals surface area contributed by atoms with Crippen LogP contribution in [0.4, 0.5) is 5.69 Å². The van der Waals surface area contributed by atoms with E-state index < -0.39 is 0 Å². The lowest BCUT2D eigenvalue weighted by atomic mass is 10.0. The molecule has 1 aromatic carbocycles. The Balaban J connectivity index is 2.00. The molecule has 1 aliphatic rings. The Labute approximate surface area is 131 Å². The molecule has 1 fully saturated rings. The van der Waals surface area contributed by atoms with Crippen LogP contribution in [0.1, 0.15) is 36.5 Å². The molecule has 2 N–H and O–H groups in total. The van der Waals surface area contributed by atoms with Crippen LogP contribution < -0.4 is 10.6 Å². The van der Waals surface area contributed by atoms with Crippen molar-refractivity contribution < 1.29 is 4.79 Å². The zero-order valence-electron chi connectivity index (χ0n) is 12.8. The first-order chi connectivity index (χ1) is 10.1. The van der Waals surface area contributed by atoms with Gasteiger partial charge in [0.2, 0.25) is 0 Å². The molecular formula is C16H24ClN3O. The van der Waals surface area contributed by atoms with Gasteiger partial charge in [-0.2, -0.15) is 0 Å². The van der Waals surface area contributed by atoms with Gasteiger partial charge in [0.05, 0.1) is 5.56 Å². The van der Waals surface area contributed by atoms with Crippen LogP contribution in [0, 0.1) is 0 Å². The van der Waals surface area contributed by atoms with E-state index in [1.54, 1.807) is 12.1 Å². The third-order valence-electron chi connectivity index (χ3n) is 4.01. The highest BCUT2D eigenvalue weighted by atomic mass is 35.5. The molecule has 1 heterocycles. The molecular weight excluding hydrogens is 286 g/mol. The van der Waals surface area contributed by atoms with E-state index >= 15 is 0 Å². The summed E-state index contributed by atoms with van der Waals surface area (Å²) < 4.78 is 0. The normalized spacial score (nSPS) is 19.3. The highest BCUT2D eigenvalue weighted by Crippen LogP contribution is 2.21. The number of amides is 1. The number of hydrogen-bond donors (Lipinski definition) is 2. The van der Waals surface area contributed by atoms with E-state index in [0.29, 0.717) is 23.2 Å². The van der Waals surface area contributed by atoms with E-state index in [4.69, 9.17) is 11.6 Å². The maximum absolute atomic E-state index is 12.4. The lowest BCUT2D eigenvalue weighted by Gasteiger charge is -2.32. The third-order valence-corrected chi connectivity index (χ3v) is 4.25. The Morgan fingerprint density at radius 1 is 1.43 bits per heavy atom. The van der Waals surface area contributed by atoms with E-state index in [1.165, 1.54) is 12.8 Å². The maximum atomic E-state index is 12.4. The van der Waals surface area contributed by atoms with Crippen molar-refractivity contribution in [3.8, 4) is 0 Å². The Morgan fingerprint density at radius 2 is 2.24 bits per heavy atom. The van der Waals surface area contributed by atoms with Crippen molar-refractivity contribution in [1.82, 2.24) is 10.2 Å². The summed E-state index contributed by atoms with van der Waals surface area (Å²) in [7, 11) is 2.12. The number of anilines is 1. The highest BCUT2D eigenvalue weighted by molar-refractivity contribution is 6.31. The fourth-order valence-electron chi connectivity index (χ4n) is 2.76. The molecule has 116 valence electrons. The molecule has 5 heteroatoms. The topological polar surface area (TPSA) is 44.4 Å². The Hall–Kier alpha value is -1.26. The second kappa shape index (κ2) is 7.66. The summed E-state index contributed by atoms with van der Waals surface area (Å²) in [6.07, 6.45) is 3.64.